The van der Waals surface area contributed by atoms with E-state index < -0.39 is 57.4 Å². The van der Waals surface area contributed by atoms with Crippen LogP contribution in [0.5, 0.6) is 5.75 Å². The molecule has 23 heteroatoms. The number of ether oxygens (including phenoxy) is 1. The van der Waals surface area contributed by atoms with Gasteiger partial charge in [0.1, 0.15) is 35.2 Å². The lowest BCUT2D eigenvalue weighted by Gasteiger charge is -2.37. The Labute approximate surface area is 416 Å². The van der Waals surface area contributed by atoms with E-state index in [1.165, 1.54) is 42.5 Å². The van der Waals surface area contributed by atoms with Gasteiger partial charge in [0.2, 0.25) is 17.7 Å². The molecule has 10 rings (SSSR count). The minimum absolute atomic E-state index is 0.000136. The van der Waals surface area contributed by atoms with Crippen LogP contribution in [-0.4, -0.2) is 110 Å². The number of aromatic nitrogens is 5. The number of nitrogen functional groups attached to an aromatic ring is 1. The van der Waals surface area contributed by atoms with Crippen molar-refractivity contribution in [3.8, 4) is 28.1 Å². The zero-order chi connectivity index (χ0) is 51.5. The number of nitrogens with zero attached hydrogens (tertiary/aromatic N) is 8. The number of rotatable bonds is 13. The van der Waals surface area contributed by atoms with E-state index in [9.17, 15) is 45.6 Å². The number of hydrogen-bond acceptors (Lipinski definition) is 13. The number of anilines is 3. The van der Waals surface area contributed by atoms with Crippen LogP contribution in [0.15, 0.2) is 79.3 Å². The summed E-state index contributed by atoms with van der Waals surface area (Å²) < 4.78 is 76.8. The monoisotopic (exact) mass is 1020 g/mol. The molecule has 73 heavy (non-hydrogen) atoms. The summed E-state index contributed by atoms with van der Waals surface area (Å²) in [6, 6.07) is 13.7. The van der Waals surface area contributed by atoms with Gasteiger partial charge >= 0.3 is 5.76 Å². The molecule has 4 aliphatic rings. The molecule has 3 fully saturated rings. The number of benzene rings is 3. The first-order valence-electron chi connectivity index (χ1n) is 23.8. The lowest BCUT2D eigenvalue weighted by Crippen LogP contribution is -2.54. The number of amides is 5. The highest BCUT2D eigenvalue weighted by molar-refractivity contribution is 7.93. The Bertz CT molecular complexity index is 3320. The van der Waals surface area contributed by atoms with Crippen molar-refractivity contribution in [1.29, 1.82) is 0 Å². The van der Waals surface area contributed by atoms with Gasteiger partial charge in [-0.25, -0.2) is 17.8 Å². The maximum atomic E-state index is 13.8. The molecular weight excluding hydrogens is 972 g/mol. The van der Waals surface area contributed by atoms with E-state index in [-0.39, 0.29) is 59.1 Å². The van der Waals surface area contributed by atoms with Crippen molar-refractivity contribution >= 4 is 67.7 Å². The molecule has 0 spiro atoms. The second-order valence-corrected chi connectivity index (χ2v) is 20.5. The van der Waals surface area contributed by atoms with E-state index in [0.717, 1.165) is 23.3 Å². The van der Waals surface area contributed by atoms with Gasteiger partial charge in [-0.1, -0.05) is 24.3 Å². The van der Waals surface area contributed by atoms with Crippen LogP contribution in [0.1, 0.15) is 90.3 Å². The number of halogens is 3. The van der Waals surface area contributed by atoms with Crippen LogP contribution in [0.25, 0.3) is 33.3 Å². The van der Waals surface area contributed by atoms with Crippen molar-refractivity contribution in [2.45, 2.75) is 75.8 Å². The maximum Gasteiger partial charge on any atom is 0.355 e. The van der Waals surface area contributed by atoms with Gasteiger partial charge in [-0.2, -0.15) is 19.0 Å². The number of fused-ring (bicyclic) bond motifs is 2. The number of piperidine rings is 3. The minimum Gasteiger partial charge on any atom is -0.484 e. The van der Waals surface area contributed by atoms with Crippen LogP contribution in [-0.2, 0) is 31.5 Å². The van der Waals surface area contributed by atoms with Crippen LogP contribution in [0.3, 0.4) is 0 Å². The normalized spacial score (nSPS) is 19.2. The van der Waals surface area contributed by atoms with E-state index in [0.29, 0.717) is 84.4 Å². The summed E-state index contributed by atoms with van der Waals surface area (Å²) in [7, 11) is -3.36. The zero-order valence-electron chi connectivity index (χ0n) is 39.6. The molecule has 4 aliphatic heterocycles. The Kier molecular flexibility index (Phi) is 12.9. The number of alkyl halides is 2. The van der Waals surface area contributed by atoms with Crippen LogP contribution < -0.4 is 25.4 Å². The Morgan fingerprint density at radius 2 is 1.71 bits per heavy atom. The van der Waals surface area contributed by atoms with Crippen LogP contribution in [0, 0.1) is 11.7 Å². The lowest BCUT2D eigenvalue weighted by molar-refractivity contribution is -0.136. The van der Waals surface area contributed by atoms with Gasteiger partial charge in [-0.15, -0.1) is 0 Å². The van der Waals surface area contributed by atoms with E-state index in [1.54, 1.807) is 49.2 Å². The highest BCUT2D eigenvalue weighted by Crippen LogP contribution is 2.42. The molecule has 3 aromatic carbocycles. The zero-order valence-corrected chi connectivity index (χ0v) is 40.5. The molecule has 19 nitrogen and oxygen atoms in total. The smallest absolute Gasteiger partial charge is 0.355 e. The van der Waals surface area contributed by atoms with Gasteiger partial charge in [0.25, 0.3) is 21.8 Å². The number of hydrogen-bond donors (Lipinski definition) is 3. The predicted molar refractivity (Wildman–Crippen MR) is 261 cm³/mol. The molecule has 2 unspecified atom stereocenters. The van der Waals surface area contributed by atoms with Crippen LogP contribution >= 0.6 is 0 Å². The van der Waals surface area contributed by atoms with E-state index in [4.69, 9.17) is 20.7 Å². The maximum absolute atomic E-state index is 13.8. The predicted octanol–water partition coefficient (Wildman–Crippen LogP) is 6.20. The summed E-state index contributed by atoms with van der Waals surface area (Å²) in [5, 5.41) is 12.2. The number of carbonyl (C=O) groups is 5. The first-order chi connectivity index (χ1) is 34.9. The number of imide groups is 2. The number of aryl methyl sites for hydroxylation is 1. The summed E-state index contributed by atoms with van der Waals surface area (Å²) in [6.07, 6.45) is 7.79. The molecule has 0 bridgehead atoms. The molecule has 3 saturated heterocycles. The average molecular weight is 1020 g/mol. The van der Waals surface area contributed by atoms with E-state index in [2.05, 4.69) is 15.2 Å². The molecule has 6 aromatic rings. The molecule has 4 N–H and O–H groups in total. The Hall–Kier alpha value is -7.82. The third-order valence-corrected chi connectivity index (χ3v) is 15.1. The standard InChI is InChI=1S/C50H50F3N11O8S/c1-27(29-8-11-32(51)12-9-29)72-39-22-30(10-13-36(39)59-73(70,71)50(52)53)44-43-45(60(2)58-44)35(24-55-46(43)54)31-23-56-63(26-31)33-16-19-61(20-17-33)41(66)21-28-5-4-18-62(25-28)37-7-3-6-34-42(37)49(69)64(48(34)68)38-14-15-40(65)57-47(38)67/h3,6-13,22-24,26-28,33,38,50,59H,4-5,14-21,25H2,1-2H3,(H2,54,55)(H,57,65,67)/t27-,28?,38?/m0/s1. The molecular formula is C50H50F3N11O8S. The quantitative estimate of drug-likeness (QED) is 0.110. The highest BCUT2D eigenvalue weighted by Gasteiger charge is 2.46. The Morgan fingerprint density at radius 3 is 2.45 bits per heavy atom. The first kappa shape index (κ1) is 48.8. The van der Waals surface area contributed by atoms with Gasteiger partial charge in [0.15, 0.2) is 0 Å². The summed E-state index contributed by atoms with van der Waals surface area (Å²) in [5.41, 5.74) is 10.6. The Morgan fingerprint density at radius 1 is 0.945 bits per heavy atom. The number of carbonyl (C=O) groups excluding carboxylic acids is 5. The largest absolute Gasteiger partial charge is 0.484 e. The van der Waals surface area contributed by atoms with Crippen molar-refractivity contribution < 1.29 is 50.3 Å². The van der Waals surface area contributed by atoms with Crippen molar-refractivity contribution in [2.24, 2.45) is 13.0 Å². The number of likely N-dealkylation sites (tertiary alicyclic amines) is 1. The molecule has 0 saturated carbocycles. The molecule has 380 valence electrons. The third-order valence-electron chi connectivity index (χ3n) is 14.1. The number of nitrogens with one attached hydrogen (secondary N) is 2. The lowest BCUT2D eigenvalue weighted by atomic mass is 9.92. The molecule has 0 aliphatic carbocycles. The SMILES string of the molecule is C[C@H](Oc1cc(-c2nn(C)c3c(-c4cnn(C5CCN(C(=O)CC6CCCN(c7cccc8c7C(=O)N(C7CCC(=O)NC7=O)C8=O)C6)CC5)c4)cnc(N)c23)ccc1NS(=O)(=O)C(F)F)c1ccc(F)cc1. The van der Waals surface area contributed by atoms with Gasteiger partial charge in [0.05, 0.1) is 45.6 Å². The van der Waals surface area contributed by atoms with Crippen molar-refractivity contribution in [1.82, 2.24) is 39.7 Å². The van der Waals surface area contributed by atoms with Gasteiger partial charge in [-0.3, -0.25) is 48.3 Å². The second kappa shape index (κ2) is 19.3. The van der Waals surface area contributed by atoms with E-state index in [1.807, 2.05) is 20.5 Å². The molecule has 3 aromatic heterocycles. The first-order valence-corrected chi connectivity index (χ1v) is 25.4. The summed E-state index contributed by atoms with van der Waals surface area (Å²) in [6.45, 7) is 3.81. The topological polar surface area (TPSA) is 237 Å². The summed E-state index contributed by atoms with van der Waals surface area (Å²) in [5.74, 6) is -6.34. The third kappa shape index (κ3) is 9.32. The van der Waals surface area contributed by atoms with Gasteiger partial charge < -0.3 is 20.3 Å². The van der Waals surface area contributed by atoms with Crippen molar-refractivity contribution in [2.75, 3.05) is 41.5 Å². The fourth-order valence-corrected chi connectivity index (χ4v) is 11.0. The van der Waals surface area contributed by atoms with Crippen molar-refractivity contribution in [3.63, 3.8) is 0 Å². The van der Waals surface area contributed by atoms with Crippen molar-refractivity contribution in [3.05, 3.63) is 102 Å². The summed E-state index contributed by atoms with van der Waals surface area (Å²) in [4.78, 5) is 75.0. The fourth-order valence-electron chi connectivity index (χ4n) is 10.4. The second-order valence-electron chi connectivity index (χ2n) is 18.8. The molecule has 7 heterocycles. The minimum atomic E-state index is -5.09. The average Bonchev–Trinajstić information content (AvgIpc) is 4.07. The fraction of sp³-hybridized carbons (Fsp3) is 0.360. The number of pyridine rings is 1. The van der Waals surface area contributed by atoms with Gasteiger partial charge in [-0.05, 0) is 86.9 Å². The van der Waals surface area contributed by atoms with E-state index >= 15 is 0 Å². The van der Waals surface area contributed by atoms with Crippen LogP contribution in [0.2, 0.25) is 0 Å². The number of sulfonamides is 1. The van der Waals surface area contributed by atoms with Gasteiger partial charge in [0, 0.05) is 75.2 Å². The molecule has 3 atom stereocenters. The van der Waals surface area contributed by atoms with Crippen LogP contribution in [0.4, 0.5) is 30.4 Å². The highest BCUT2D eigenvalue weighted by atomic mass is 32.2. The summed E-state index contributed by atoms with van der Waals surface area (Å²) >= 11 is 0. The number of nitrogens with two attached hydrogens (primary N) is 1. The molecule has 0 radical (unpaired) electrons. The molecule has 5 amide bonds. The Balaban J connectivity index is 0.813.